The number of rotatable bonds is 8. The zero-order valence-electron chi connectivity index (χ0n) is 19.3. The molecule has 0 amide bonds. The van der Waals surface area contributed by atoms with E-state index in [2.05, 4.69) is 104 Å². The van der Waals surface area contributed by atoms with Crippen LogP contribution in [0.2, 0.25) is 0 Å². The maximum Gasteiger partial charge on any atom is 0.0258 e. The first-order valence-corrected chi connectivity index (χ1v) is 11.6. The molecule has 3 heteroatoms. The highest BCUT2D eigenvalue weighted by Gasteiger charge is 2.22. The highest BCUT2D eigenvalue weighted by atomic mass is 15.1. The first kappa shape index (κ1) is 21.2. The minimum absolute atomic E-state index is 0.934. The second-order valence-electron chi connectivity index (χ2n) is 8.08. The van der Waals surface area contributed by atoms with E-state index in [9.17, 15) is 0 Å². The first-order chi connectivity index (χ1) is 15.2. The lowest BCUT2D eigenvalue weighted by molar-refractivity contribution is 0.866. The molecule has 0 saturated heterocycles. The van der Waals surface area contributed by atoms with Crippen LogP contribution in [0.3, 0.4) is 0 Å². The largest absolute Gasteiger partial charge is 0.386 e. The van der Waals surface area contributed by atoms with Gasteiger partial charge in [0.2, 0.25) is 0 Å². The smallest absolute Gasteiger partial charge is 0.0258 e. The molecule has 0 spiro atoms. The highest BCUT2D eigenvalue weighted by Crippen LogP contribution is 2.42. The van der Waals surface area contributed by atoms with E-state index in [4.69, 9.17) is 0 Å². The van der Waals surface area contributed by atoms with Crippen LogP contribution in [0, 0.1) is 5.92 Å². The SMILES string of the molecule is CCNc1ccc2c(c1)Cc1cc(NCC)ccc1[C-]2c1ccc(N(CC)CC)cc1. The summed E-state index contributed by atoms with van der Waals surface area (Å²) in [5.74, 6) is 1.34. The minimum Gasteiger partial charge on any atom is -0.386 e. The molecule has 2 N–H and O–H groups in total. The van der Waals surface area contributed by atoms with Crippen molar-refractivity contribution in [3.05, 3.63) is 94.4 Å². The number of nitrogens with zero attached hydrogens (tertiary/aromatic N) is 1. The Kier molecular flexibility index (Phi) is 6.41. The summed E-state index contributed by atoms with van der Waals surface area (Å²) in [4.78, 5) is 2.39. The van der Waals surface area contributed by atoms with Gasteiger partial charge in [-0.05, 0) is 34.1 Å². The number of nitrogens with one attached hydrogen (secondary N) is 2. The van der Waals surface area contributed by atoms with Gasteiger partial charge >= 0.3 is 0 Å². The molecule has 0 aromatic heterocycles. The van der Waals surface area contributed by atoms with Crippen molar-refractivity contribution in [2.45, 2.75) is 34.1 Å². The Morgan fingerprint density at radius 1 is 0.710 bits per heavy atom. The number of hydrogen-bond acceptors (Lipinski definition) is 3. The van der Waals surface area contributed by atoms with Crippen molar-refractivity contribution in [3.8, 4) is 0 Å². The van der Waals surface area contributed by atoms with Gasteiger partial charge in [-0.1, -0.05) is 94.4 Å². The summed E-state index contributed by atoms with van der Waals surface area (Å²) in [6, 6.07) is 22.8. The van der Waals surface area contributed by atoms with Crippen molar-refractivity contribution >= 4 is 17.1 Å². The molecular formula is C28H34N3-. The maximum absolute atomic E-state index is 3.47. The van der Waals surface area contributed by atoms with Crippen LogP contribution < -0.4 is 15.5 Å². The molecule has 0 atom stereocenters. The Labute approximate surface area is 187 Å². The first-order valence-electron chi connectivity index (χ1n) is 11.6. The van der Waals surface area contributed by atoms with Crippen molar-refractivity contribution in [2.24, 2.45) is 0 Å². The maximum atomic E-state index is 3.47. The average molecular weight is 413 g/mol. The normalized spacial score (nSPS) is 12.2. The van der Waals surface area contributed by atoms with Crippen LogP contribution in [0.25, 0.3) is 0 Å². The van der Waals surface area contributed by atoms with Gasteiger partial charge in [0.1, 0.15) is 0 Å². The molecule has 0 saturated carbocycles. The van der Waals surface area contributed by atoms with Crippen LogP contribution in [0.4, 0.5) is 17.1 Å². The van der Waals surface area contributed by atoms with E-state index in [0.717, 1.165) is 32.6 Å². The van der Waals surface area contributed by atoms with Crippen LogP contribution in [0.1, 0.15) is 55.5 Å². The summed E-state index contributed by atoms with van der Waals surface area (Å²) < 4.78 is 0. The molecule has 0 heterocycles. The molecule has 1 aliphatic carbocycles. The van der Waals surface area contributed by atoms with Crippen molar-refractivity contribution < 1.29 is 0 Å². The van der Waals surface area contributed by atoms with Crippen LogP contribution in [0.15, 0.2) is 60.7 Å². The lowest BCUT2D eigenvalue weighted by atomic mass is 9.74. The molecule has 162 valence electrons. The molecule has 0 fully saturated rings. The fourth-order valence-corrected chi connectivity index (χ4v) is 4.68. The molecule has 1 aliphatic rings. The molecule has 4 rings (SSSR count). The van der Waals surface area contributed by atoms with E-state index in [1.165, 1.54) is 50.8 Å². The second kappa shape index (κ2) is 9.38. The molecule has 3 aromatic carbocycles. The van der Waals surface area contributed by atoms with Gasteiger partial charge in [-0.25, -0.2) is 0 Å². The van der Waals surface area contributed by atoms with Gasteiger partial charge in [0.25, 0.3) is 0 Å². The third-order valence-corrected chi connectivity index (χ3v) is 6.18. The van der Waals surface area contributed by atoms with Crippen LogP contribution in [-0.4, -0.2) is 26.2 Å². The molecule has 3 aromatic rings. The summed E-state index contributed by atoms with van der Waals surface area (Å²) >= 11 is 0. The summed E-state index contributed by atoms with van der Waals surface area (Å²) in [5, 5.41) is 6.95. The fraction of sp³-hybridized carbons (Fsp3) is 0.321. The number of benzene rings is 3. The molecule has 31 heavy (non-hydrogen) atoms. The van der Waals surface area contributed by atoms with Crippen LogP contribution in [0.5, 0.6) is 0 Å². The minimum atomic E-state index is 0.934. The quantitative estimate of drug-likeness (QED) is 0.332. The third kappa shape index (κ3) is 4.23. The standard InChI is InChI=1S/C28H34N3/c1-5-29-23-11-15-26-21(18-23)17-22-19-24(30-6-2)12-16-27(22)28(26)20-9-13-25(14-10-20)31(7-3)8-4/h9-16,18-19,29-30H,5-8,17H2,1-4H3/q-1. The van der Waals surface area contributed by atoms with Gasteiger partial charge in [0.15, 0.2) is 0 Å². The molecule has 3 nitrogen and oxygen atoms in total. The zero-order valence-corrected chi connectivity index (χ0v) is 19.3. The highest BCUT2D eigenvalue weighted by molar-refractivity contribution is 5.70. The van der Waals surface area contributed by atoms with E-state index in [-0.39, 0.29) is 0 Å². The Morgan fingerprint density at radius 2 is 1.23 bits per heavy atom. The number of hydrogen-bond donors (Lipinski definition) is 2. The molecule has 0 unspecified atom stereocenters. The Morgan fingerprint density at radius 3 is 1.68 bits per heavy atom. The summed E-state index contributed by atoms with van der Waals surface area (Å²) in [6.45, 7) is 12.6. The number of anilines is 3. The lowest BCUT2D eigenvalue weighted by Crippen LogP contribution is -2.22. The van der Waals surface area contributed by atoms with E-state index in [1.54, 1.807) is 0 Å². The van der Waals surface area contributed by atoms with Gasteiger partial charge in [-0.3, -0.25) is 0 Å². The molecule has 0 radical (unpaired) electrons. The van der Waals surface area contributed by atoms with Crippen molar-refractivity contribution in [2.75, 3.05) is 41.7 Å². The fourth-order valence-electron chi connectivity index (χ4n) is 4.68. The van der Waals surface area contributed by atoms with Crippen molar-refractivity contribution in [3.63, 3.8) is 0 Å². The van der Waals surface area contributed by atoms with Gasteiger partial charge in [0.05, 0.1) is 0 Å². The topological polar surface area (TPSA) is 27.3 Å². The molecule has 0 aliphatic heterocycles. The van der Waals surface area contributed by atoms with Gasteiger partial charge in [0, 0.05) is 43.2 Å². The summed E-state index contributed by atoms with van der Waals surface area (Å²) in [7, 11) is 0. The van der Waals surface area contributed by atoms with Gasteiger partial charge in [-0.15, -0.1) is 0 Å². The second-order valence-corrected chi connectivity index (χ2v) is 8.08. The predicted molar refractivity (Wildman–Crippen MR) is 135 cm³/mol. The van der Waals surface area contributed by atoms with Crippen molar-refractivity contribution in [1.29, 1.82) is 0 Å². The Bertz CT molecular complexity index is 963. The van der Waals surface area contributed by atoms with E-state index in [0.29, 0.717) is 0 Å². The summed E-state index contributed by atoms with van der Waals surface area (Å²) in [5.41, 5.74) is 10.4. The molecule has 0 bridgehead atoms. The average Bonchev–Trinajstić information content (AvgIpc) is 2.79. The monoisotopic (exact) mass is 412 g/mol. The van der Waals surface area contributed by atoms with Crippen LogP contribution in [-0.2, 0) is 6.42 Å². The number of fused-ring (bicyclic) bond motifs is 2. The van der Waals surface area contributed by atoms with Crippen molar-refractivity contribution in [1.82, 2.24) is 0 Å². The lowest BCUT2D eigenvalue weighted by Gasteiger charge is -2.36. The summed E-state index contributed by atoms with van der Waals surface area (Å²) in [6.07, 6.45) is 0.962. The van der Waals surface area contributed by atoms with E-state index >= 15 is 0 Å². The van der Waals surface area contributed by atoms with Crippen LogP contribution >= 0.6 is 0 Å². The van der Waals surface area contributed by atoms with E-state index < -0.39 is 0 Å². The third-order valence-electron chi connectivity index (χ3n) is 6.18. The Balaban J connectivity index is 1.79. The van der Waals surface area contributed by atoms with Gasteiger partial charge < -0.3 is 15.5 Å². The predicted octanol–water partition coefficient (Wildman–Crippen LogP) is 6.32. The Hall–Kier alpha value is -3.07. The van der Waals surface area contributed by atoms with Gasteiger partial charge in [-0.2, -0.15) is 0 Å². The molecular weight excluding hydrogens is 378 g/mol. The van der Waals surface area contributed by atoms with E-state index in [1.807, 2.05) is 0 Å². The zero-order chi connectivity index (χ0) is 21.8.